The van der Waals surface area contributed by atoms with E-state index >= 15 is 0 Å². The zero-order valence-corrected chi connectivity index (χ0v) is 20.8. The number of nitrogens with zero attached hydrogens (tertiary/aromatic N) is 3. The van der Waals surface area contributed by atoms with Crippen molar-refractivity contribution in [2.45, 2.75) is 43.4 Å². The molecule has 1 aliphatic carbocycles. The zero-order chi connectivity index (χ0) is 25.2. The summed E-state index contributed by atoms with van der Waals surface area (Å²) >= 11 is 0. The number of hydrogen-bond acceptors (Lipinski definition) is 4. The molecule has 2 aromatic carbocycles. The lowest BCUT2D eigenvalue weighted by Gasteiger charge is -2.43. The first-order valence-corrected chi connectivity index (χ1v) is 13.0. The summed E-state index contributed by atoms with van der Waals surface area (Å²) in [7, 11) is 0. The summed E-state index contributed by atoms with van der Waals surface area (Å²) in [5.41, 5.74) is 4.06. The maximum Gasteiger partial charge on any atom is 0.224 e. The van der Waals surface area contributed by atoms with E-state index in [1.165, 1.54) is 11.3 Å². The standard InChI is InChI=1S/C31H32N4O2/c36-28(21-23-9-2-1-3-10-23)33-29-25-12-4-5-13-26(25)31(30(29)37)15-19-34(20-16-31)22-24-11-8-18-35(24)27-14-6-7-17-32-27/h1-14,17-18,29-30,37H,15-16,19-22H2,(H,33,36)/t29-,30+/m0/s1. The Bertz CT molecular complexity index is 1360. The van der Waals surface area contributed by atoms with E-state index in [9.17, 15) is 9.90 Å². The van der Waals surface area contributed by atoms with Gasteiger partial charge in [-0.15, -0.1) is 0 Å². The molecule has 188 valence electrons. The second kappa shape index (κ2) is 9.96. The van der Waals surface area contributed by atoms with Gasteiger partial charge < -0.3 is 15.0 Å². The van der Waals surface area contributed by atoms with Crippen LogP contribution in [0.15, 0.2) is 97.3 Å². The summed E-state index contributed by atoms with van der Waals surface area (Å²) in [5.74, 6) is 0.861. The predicted molar refractivity (Wildman–Crippen MR) is 143 cm³/mol. The van der Waals surface area contributed by atoms with Crippen molar-refractivity contribution in [1.29, 1.82) is 0 Å². The van der Waals surface area contributed by atoms with Gasteiger partial charge in [0, 0.05) is 30.0 Å². The second-order valence-electron chi connectivity index (χ2n) is 10.2. The van der Waals surface area contributed by atoms with E-state index in [1.54, 1.807) is 0 Å². The van der Waals surface area contributed by atoms with Gasteiger partial charge in [-0.05, 0) is 66.9 Å². The Labute approximate surface area is 217 Å². The Balaban J connectivity index is 1.17. The lowest BCUT2D eigenvalue weighted by Crippen LogP contribution is -2.49. The van der Waals surface area contributed by atoms with Gasteiger partial charge in [0.2, 0.25) is 5.91 Å². The molecular weight excluding hydrogens is 460 g/mol. The highest BCUT2D eigenvalue weighted by Gasteiger charge is 2.52. The summed E-state index contributed by atoms with van der Waals surface area (Å²) in [6, 6.07) is 27.8. The number of piperidine rings is 1. The minimum absolute atomic E-state index is 0.0603. The molecule has 2 aromatic heterocycles. The van der Waals surface area contributed by atoms with Crippen LogP contribution in [0.25, 0.3) is 5.82 Å². The first kappa shape index (κ1) is 23.6. The van der Waals surface area contributed by atoms with Crippen molar-refractivity contribution in [3.8, 4) is 5.82 Å². The maximum atomic E-state index is 12.9. The van der Waals surface area contributed by atoms with Gasteiger partial charge in [-0.3, -0.25) is 9.69 Å². The molecule has 0 bridgehead atoms. The molecule has 6 heteroatoms. The topological polar surface area (TPSA) is 70.4 Å². The SMILES string of the molecule is O=C(Cc1ccccc1)N[C@H]1c2ccccc2C2(CCN(Cc3cccn3-c3ccccn3)CC2)[C@@H]1O. The fourth-order valence-corrected chi connectivity index (χ4v) is 6.20. The Morgan fingerprint density at radius 2 is 1.70 bits per heavy atom. The zero-order valence-electron chi connectivity index (χ0n) is 20.8. The van der Waals surface area contributed by atoms with Crippen LogP contribution < -0.4 is 5.32 Å². The summed E-state index contributed by atoms with van der Waals surface area (Å²) < 4.78 is 2.14. The van der Waals surface area contributed by atoms with Gasteiger partial charge in [-0.25, -0.2) is 4.98 Å². The lowest BCUT2D eigenvalue weighted by atomic mass is 9.72. The Kier molecular flexibility index (Phi) is 6.37. The number of rotatable bonds is 6. The van der Waals surface area contributed by atoms with Crippen molar-refractivity contribution in [3.63, 3.8) is 0 Å². The van der Waals surface area contributed by atoms with Crippen LogP contribution in [-0.4, -0.2) is 44.7 Å². The van der Waals surface area contributed by atoms with E-state index in [2.05, 4.69) is 50.2 Å². The molecule has 1 spiro atoms. The van der Waals surface area contributed by atoms with E-state index in [-0.39, 0.29) is 17.4 Å². The molecule has 1 amide bonds. The van der Waals surface area contributed by atoms with E-state index in [1.807, 2.05) is 66.9 Å². The number of pyridine rings is 1. The van der Waals surface area contributed by atoms with Crippen LogP contribution >= 0.6 is 0 Å². The Morgan fingerprint density at radius 1 is 0.946 bits per heavy atom. The fraction of sp³-hybridized carbons (Fsp3) is 0.290. The third-order valence-electron chi connectivity index (χ3n) is 8.10. The number of aromatic nitrogens is 2. The van der Waals surface area contributed by atoms with Crippen LogP contribution in [0, 0.1) is 0 Å². The van der Waals surface area contributed by atoms with E-state index < -0.39 is 6.10 Å². The number of carbonyl (C=O) groups excluding carboxylic acids is 1. The van der Waals surface area contributed by atoms with E-state index in [4.69, 9.17) is 0 Å². The molecule has 37 heavy (non-hydrogen) atoms. The minimum atomic E-state index is -0.649. The summed E-state index contributed by atoms with van der Waals surface area (Å²) in [5, 5.41) is 14.9. The van der Waals surface area contributed by atoms with Crippen molar-refractivity contribution >= 4 is 5.91 Å². The average molecular weight is 493 g/mol. The van der Waals surface area contributed by atoms with Gasteiger partial charge in [0.15, 0.2) is 0 Å². The van der Waals surface area contributed by atoms with Crippen LogP contribution in [0.3, 0.4) is 0 Å². The van der Waals surface area contributed by atoms with Crippen molar-refractivity contribution in [2.75, 3.05) is 13.1 Å². The van der Waals surface area contributed by atoms with E-state index in [0.29, 0.717) is 6.42 Å². The Morgan fingerprint density at radius 3 is 2.49 bits per heavy atom. The number of benzene rings is 2. The van der Waals surface area contributed by atoms with E-state index in [0.717, 1.165) is 49.4 Å². The number of hydrogen-bond donors (Lipinski definition) is 2. The van der Waals surface area contributed by atoms with Crippen LogP contribution in [0.5, 0.6) is 0 Å². The van der Waals surface area contributed by atoms with Crippen LogP contribution in [0.2, 0.25) is 0 Å². The molecule has 2 atom stereocenters. The minimum Gasteiger partial charge on any atom is -0.390 e. The van der Waals surface area contributed by atoms with Gasteiger partial charge in [0.25, 0.3) is 0 Å². The van der Waals surface area contributed by atoms with Gasteiger partial charge in [-0.1, -0.05) is 60.7 Å². The molecule has 1 saturated heterocycles. The molecule has 0 saturated carbocycles. The number of carbonyl (C=O) groups is 1. The highest BCUT2D eigenvalue weighted by atomic mass is 16.3. The summed E-state index contributed by atoms with van der Waals surface area (Å²) in [6.45, 7) is 2.58. The molecule has 2 aliphatic rings. The molecule has 3 heterocycles. The molecule has 1 aliphatic heterocycles. The van der Waals surface area contributed by atoms with Crippen molar-refractivity contribution in [1.82, 2.24) is 19.8 Å². The number of aliphatic hydroxyl groups is 1. The fourth-order valence-electron chi connectivity index (χ4n) is 6.20. The molecule has 2 N–H and O–H groups in total. The van der Waals surface area contributed by atoms with Gasteiger partial charge in [0.05, 0.1) is 18.6 Å². The summed E-state index contributed by atoms with van der Waals surface area (Å²) in [4.78, 5) is 19.9. The normalized spacial score (nSPS) is 20.6. The average Bonchev–Trinajstić information content (AvgIpc) is 3.48. The van der Waals surface area contributed by atoms with Crippen LogP contribution in [0.1, 0.15) is 41.3 Å². The molecule has 0 unspecified atom stereocenters. The summed E-state index contributed by atoms with van der Waals surface area (Å²) in [6.07, 6.45) is 5.23. The third-order valence-corrected chi connectivity index (χ3v) is 8.10. The second-order valence-corrected chi connectivity index (χ2v) is 10.2. The van der Waals surface area contributed by atoms with Crippen molar-refractivity contribution in [3.05, 3.63) is 120 Å². The smallest absolute Gasteiger partial charge is 0.224 e. The Hall–Kier alpha value is -3.74. The number of aliphatic hydroxyl groups excluding tert-OH is 1. The molecule has 6 rings (SSSR count). The molecule has 1 fully saturated rings. The third kappa shape index (κ3) is 4.47. The highest BCUT2D eigenvalue weighted by molar-refractivity contribution is 5.79. The van der Waals surface area contributed by atoms with Crippen molar-refractivity contribution < 1.29 is 9.90 Å². The van der Waals surface area contributed by atoms with Crippen molar-refractivity contribution in [2.24, 2.45) is 0 Å². The first-order valence-electron chi connectivity index (χ1n) is 13.0. The predicted octanol–water partition coefficient (Wildman–Crippen LogP) is 4.18. The maximum absolute atomic E-state index is 12.9. The van der Waals surface area contributed by atoms with Gasteiger partial charge in [-0.2, -0.15) is 0 Å². The molecular formula is C31H32N4O2. The number of nitrogens with one attached hydrogen (secondary N) is 1. The molecule has 4 aromatic rings. The number of amides is 1. The van der Waals surface area contributed by atoms with Gasteiger partial charge >= 0.3 is 0 Å². The number of likely N-dealkylation sites (tertiary alicyclic amines) is 1. The van der Waals surface area contributed by atoms with Gasteiger partial charge in [0.1, 0.15) is 5.82 Å². The number of fused-ring (bicyclic) bond motifs is 2. The van der Waals surface area contributed by atoms with Crippen LogP contribution in [-0.2, 0) is 23.2 Å². The lowest BCUT2D eigenvalue weighted by molar-refractivity contribution is -0.122. The largest absolute Gasteiger partial charge is 0.390 e. The van der Waals surface area contributed by atoms with Crippen LogP contribution in [0.4, 0.5) is 0 Å². The quantitative estimate of drug-likeness (QED) is 0.424. The molecule has 0 radical (unpaired) electrons. The highest BCUT2D eigenvalue weighted by Crippen LogP contribution is 2.51. The monoisotopic (exact) mass is 492 g/mol. The first-order chi connectivity index (χ1) is 18.1. The molecule has 6 nitrogen and oxygen atoms in total.